The van der Waals surface area contributed by atoms with Crippen LogP contribution in [0, 0.1) is 0 Å². The van der Waals surface area contributed by atoms with Crippen molar-refractivity contribution in [2.24, 2.45) is 0 Å². The summed E-state index contributed by atoms with van der Waals surface area (Å²) in [5.74, 6) is -1.41. The van der Waals surface area contributed by atoms with Crippen LogP contribution in [0.2, 0.25) is 0 Å². The Kier molecular flexibility index (Phi) is 3.80. The summed E-state index contributed by atoms with van der Waals surface area (Å²) in [6.07, 6.45) is 2.91. The number of amides is 1. The second-order valence-electron chi connectivity index (χ2n) is 6.02. The highest BCUT2D eigenvalue weighted by Crippen LogP contribution is 2.23. The van der Waals surface area contributed by atoms with E-state index in [2.05, 4.69) is 20.7 Å². The molecule has 2 aromatic heterocycles. The zero-order valence-corrected chi connectivity index (χ0v) is 13.2. The lowest BCUT2D eigenvalue weighted by Crippen LogP contribution is -2.42. The number of aromatic amines is 1. The fourth-order valence-corrected chi connectivity index (χ4v) is 2.57. The number of carbonyl (C=O) groups is 2. The Hall–Kier alpha value is -3.16. The van der Waals surface area contributed by atoms with Crippen LogP contribution in [0.4, 0.5) is 0 Å². The minimum atomic E-state index is -1.15. The molecule has 0 aliphatic carbocycles. The number of nitrogens with one attached hydrogen (secondary N) is 2. The number of fused-ring (bicyclic) bond motifs is 1. The summed E-state index contributed by atoms with van der Waals surface area (Å²) in [5.41, 5.74) is 0.796. The predicted molar refractivity (Wildman–Crippen MR) is 84.4 cm³/mol. The second kappa shape index (κ2) is 5.80. The van der Waals surface area contributed by atoms with Crippen molar-refractivity contribution in [3.63, 3.8) is 0 Å². The van der Waals surface area contributed by atoms with E-state index in [0.717, 1.165) is 22.7 Å². The first kappa shape index (κ1) is 15.7. The monoisotopic (exact) mass is 328 g/mol. The van der Waals surface area contributed by atoms with Gasteiger partial charge in [0, 0.05) is 5.39 Å². The Labute approximate surface area is 136 Å². The number of aromatic nitrogens is 3. The van der Waals surface area contributed by atoms with E-state index < -0.39 is 11.5 Å². The van der Waals surface area contributed by atoms with Gasteiger partial charge < -0.3 is 14.9 Å². The summed E-state index contributed by atoms with van der Waals surface area (Å²) < 4.78 is 4.74. The molecule has 2 heterocycles. The van der Waals surface area contributed by atoms with Gasteiger partial charge in [0.15, 0.2) is 0 Å². The van der Waals surface area contributed by atoms with Gasteiger partial charge in [-0.3, -0.25) is 9.89 Å². The number of aromatic carboxylic acids is 1. The molecule has 1 amide bonds. The van der Waals surface area contributed by atoms with Crippen LogP contribution in [0.25, 0.3) is 10.9 Å². The highest BCUT2D eigenvalue weighted by Gasteiger charge is 2.31. The third-order valence-electron chi connectivity index (χ3n) is 3.72. The van der Waals surface area contributed by atoms with E-state index in [4.69, 9.17) is 9.63 Å². The highest BCUT2D eigenvalue weighted by atomic mass is 16.5. The Bertz CT molecular complexity index is 910. The SMILES string of the molecule is CC(C)(NC(=O)Cc1ccc2cn[nH]c2c1)c1nocc1C(=O)O. The lowest BCUT2D eigenvalue weighted by molar-refractivity contribution is -0.122. The molecule has 0 radical (unpaired) electrons. The molecular weight excluding hydrogens is 312 g/mol. The van der Waals surface area contributed by atoms with Crippen molar-refractivity contribution in [1.82, 2.24) is 20.7 Å². The molecule has 0 saturated heterocycles. The van der Waals surface area contributed by atoms with Crippen molar-refractivity contribution in [2.45, 2.75) is 25.8 Å². The molecule has 8 nitrogen and oxygen atoms in total. The number of nitrogens with zero attached hydrogens (tertiary/aromatic N) is 2. The van der Waals surface area contributed by atoms with Crippen molar-refractivity contribution in [2.75, 3.05) is 0 Å². The van der Waals surface area contributed by atoms with E-state index in [-0.39, 0.29) is 23.6 Å². The quantitative estimate of drug-likeness (QED) is 0.657. The van der Waals surface area contributed by atoms with Gasteiger partial charge in [0.1, 0.15) is 17.5 Å². The molecule has 0 unspecified atom stereocenters. The molecule has 0 fully saturated rings. The molecule has 0 atom stereocenters. The van der Waals surface area contributed by atoms with Gasteiger partial charge in [0.05, 0.1) is 23.7 Å². The smallest absolute Gasteiger partial charge is 0.341 e. The third-order valence-corrected chi connectivity index (χ3v) is 3.72. The molecule has 0 aliphatic heterocycles. The first-order chi connectivity index (χ1) is 11.4. The molecular formula is C16H16N4O4. The Balaban J connectivity index is 1.75. The van der Waals surface area contributed by atoms with Gasteiger partial charge in [-0.05, 0) is 25.5 Å². The number of carboxylic acids is 1. The van der Waals surface area contributed by atoms with Crippen LogP contribution in [0.1, 0.15) is 35.5 Å². The van der Waals surface area contributed by atoms with Gasteiger partial charge in [-0.25, -0.2) is 4.79 Å². The summed E-state index contributed by atoms with van der Waals surface area (Å²) >= 11 is 0. The van der Waals surface area contributed by atoms with Crippen LogP contribution in [-0.2, 0) is 16.8 Å². The maximum Gasteiger partial charge on any atom is 0.341 e. The minimum Gasteiger partial charge on any atom is -0.478 e. The molecule has 0 aliphatic rings. The summed E-state index contributed by atoms with van der Waals surface area (Å²) in [4.78, 5) is 23.5. The van der Waals surface area contributed by atoms with Gasteiger partial charge in [0.2, 0.25) is 5.91 Å². The number of hydrogen-bond acceptors (Lipinski definition) is 5. The molecule has 1 aromatic carbocycles. The zero-order valence-electron chi connectivity index (χ0n) is 13.2. The number of carbonyl (C=O) groups excluding carboxylic acids is 1. The molecule has 0 spiro atoms. The topological polar surface area (TPSA) is 121 Å². The summed E-state index contributed by atoms with van der Waals surface area (Å²) in [5, 5.41) is 23.4. The van der Waals surface area contributed by atoms with Gasteiger partial charge in [-0.1, -0.05) is 17.3 Å². The predicted octanol–water partition coefficient (Wildman–Crippen LogP) is 1.84. The lowest BCUT2D eigenvalue weighted by Gasteiger charge is -2.24. The van der Waals surface area contributed by atoms with Crippen molar-refractivity contribution in [3.8, 4) is 0 Å². The Morgan fingerprint density at radius 2 is 2.17 bits per heavy atom. The molecule has 3 N–H and O–H groups in total. The van der Waals surface area contributed by atoms with Crippen molar-refractivity contribution < 1.29 is 19.2 Å². The van der Waals surface area contributed by atoms with E-state index in [0.29, 0.717) is 0 Å². The number of carboxylic acid groups (broad SMARTS) is 1. The summed E-state index contributed by atoms with van der Waals surface area (Å²) in [7, 11) is 0. The zero-order chi connectivity index (χ0) is 17.3. The molecule has 124 valence electrons. The number of H-pyrrole nitrogens is 1. The fourth-order valence-electron chi connectivity index (χ4n) is 2.57. The first-order valence-corrected chi connectivity index (χ1v) is 7.28. The second-order valence-corrected chi connectivity index (χ2v) is 6.02. The van der Waals surface area contributed by atoms with Gasteiger partial charge in [0.25, 0.3) is 0 Å². The van der Waals surface area contributed by atoms with Crippen molar-refractivity contribution >= 4 is 22.8 Å². The van der Waals surface area contributed by atoms with Crippen LogP contribution >= 0.6 is 0 Å². The van der Waals surface area contributed by atoms with Crippen molar-refractivity contribution in [3.05, 3.63) is 47.5 Å². The van der Waals surface area contributed by atoms with Crippen LogP contribution < -0.4 is 5.32 Å². The summed E-state index contributed by atoms with van der Waals surface area (Å²) in [6.45, 7) is 3.35. The van der Waals surface area contributed by atoms with Gasteiger partial charge in [-0.15, -0.1) is 0 Å². The van der Waals surface area contributed by atoms with E-state index in [1.165, 1.54) is 0 Å². The number of rotatable bonds is 5. The van der Waals surface area contributed by atoms with Gasteiger partial charge >= 0.3 is 5.97 Å². The first-order valence-electron chi connectivity index (χ1n) is 7.28. The third kappa shape index (κ3) is 2.98. The van der Waals surface area contributed by atoms with Crippen LogP contribution in [0.3, 0.4) is 0 Å². The maximum absolute atomic E-state index is 12.3. The molecule has 8 heteroatoms. The highest BCUT2D eigenvalue weighted by molar-refractivity contribution is 5.89. The summed E-state index contributed by atoms with van der Waals surface area (Å²) in [6, 6.07) is 5.59. The standard InChI is InChI=1S/C16H16N4O4/c1-16(2,14-11(15(22)23)8-24-20-14)18-13(21)6-9-3-4-10-7-17-19-12(10)5-9/h3-5,7-8H,6H2,1-2H3,(H,17,19)(H,18,21)(H,22,23). The molecule has 3 aromatic rings. The number of hydrogen-bond donors (Lipinski definition) is 3. The fraction of sp³-hybridized carbons (Fsp3) is 0.250. The average molecular weight is 328 g/mol. The molecule has 3 rings (SSSR count). The van der Waals surface area contributed by atoms with Crippen LogP contribution in [0.15, 0.2) is 35.2 Å². The number of benzene rings is 1. The lowest BCUT2D eigenvalue weighted by atomic mass is 9.96. The Morgan fingerprint density at radius 1 is 1.38 bits per heavy atom. The normalized spacial score (nSPS) is 11.6. The molecule has 0 saturated carbocycles. The average Bonchev–Trinajstić information content (AvgIpc) is 3.15. The largest absolute Gasteiger partial charge is 0.478 e. The van der Waals surface area contributed by atoms with E-state index in [9.17, 15) is 9.59 Å². The maximum atomic E-state index is 12.3. The van der Waals surface area contributed by atoms with E-state index in [1.54, 1.807) is 20.0 Å². The molecule has 0 bridgehead atoms. The van der Waals surface area contributed by atoms with Crippen molar-refractivity contribution in [1.29, 1.82) is 0 Å². The molecule has 24 heavy (non-hydrogen) atoms. The Morgan fingerprint density at radius 3 is 2.92 bits per heavy atom. The van der Waals surface area contributed by atoms with E-state index >= 15 is 0 Å². The van der Waals surface area contributed by atoms with Crippen LogP contribution in [0.5, 0.6) is 0 Å². The van der Waals surface area contributed by atoms with Gasteiger partial charge in [-0.2, -0.15) is 5.10 Å². The minimum absolute atomic E-state index is 0.0702. The van der Waals surface area contributed by atoms with E-state index in [1.807, 2.05) is 18.2 Å². The van der Waals surface area contributed by atoms with Crippen LogP contribution in [-0.4, -0.2) is 32.3 Å².